The van der Waals surface area contributed by atoms with E-state index in [-0.39, 0.29) is 5.13 Å². The number of thiophene rings is 1. The minimum Gasteiger partial charge on any atom is -0.489 e. The first-order valence-corrected chi connectivity index (χ1v) is 5.84. The summed E-state index contributed by atoms with van der Waals surface area (Å²) in [6.45, 7) is 2.32. The van der Waals surface area contributed by atoms with Crippen molar-refractivity contribution in [1.82, 2.24) is 0 Å². The number of halogens is 2. The van der Waals surface area contributed by atoms with Gasteiger partial charge in [0.2, 0.25) is 5.13 Å². The van der Waals surface area contributed by atoms with E-state index >= 15 is 0 Å². The fourth-order valence-electron chi connectivity index (χ4n) is 1.32. The first kappa shape index (κ1) is 9.93. The van der Waals surface area contributed by atoms with Crippen molar-refractivity contribution in [3.8, 4) is 5.75 Å². The summed E-state index contributed by atoms with van der Waals surface area (Å²) >= 11 is 4.50. The van der Waals surface area contributed by atoms with Gasteiger partial charge in [0.1, 0.15) is 0 Å². The monoisotopic (exact) mass is 274 g/mol. The fraction of sp³-hybridized carbons (Fsp3) is 0.200. The number of fused-ring (bicyclic) bond motifs is 1. The van der Waals surface area contributed by atoms with Gasteiger partial charge < -0.3 is 4.74 Å². The molecule has 4 heteroatoms. The zero-order chi connectivity index (χ0) is 10.1. The van der Waals surface area contributed by atoms with Crippen LogP contribution in [0.1, 0.15) is 6.92 Å². The first-order chi connectivity index (χ1) is 6.74. The summed E-state index contributed by atoms with van der Waals surface area (Å²) < 4.78 is 20.5. The van der Waals surface area contributed by atoms with Crippen LogP contribution >= 0.6 is 27.3 Å². The molecule has 0 aliphatic rings. The third-order valence-electron chi connectivity index (χ3n) is 1.87. The van der Waals surface area contributed by atoms with E-state index in [2.05, 4.69) is 15.9 Å². The second kappa shape index (κ2) is 3.87. The van der Waals surface area contributed by atoms with Crippen molar-refractivity contribution >= 4 is 37.4 Å². The van der Waals surface area contributed by atoms with Crippen molar-refractivity contribution in [2.45, 2.75) is 6.92 Å². The lowest BCUT2D eigenvalue weighted by Crippen LogP contribution is -1.91. The van der Waals surface area contributed by atoms with E-state index < -0.39 is 0 Å². The molecule has 0 aliphatic heterocycles. The van der Waals surface area contributed by atoms with Crippen molar-refractivity contribution in [2.24, 2.45) is 0 Å². The quantitative estimate of drug-likeness (QED) is 0.798. The lowest BCUT2D eigenvalue weighted by atomic mass is 10.2. The molecule has 0 unspecified atom stereocenters. The lowest BCUT2D eigenvalue weighted by Gasteiger charge is -2.01. The van der Waals surface area contributed by atoms with Crippen LogP contribution in [0.15, 0.2) is 22.7 Å². The maximum Gasteiger partial charge on any atom is 0.219 e. The minimum atomic E-state index is -0.256. The van der Waals surface area contributed by atoms with Gasteiger partial charge >= 0.3 is 0 Å². The lowest BCUT2D eigenvalue weighted by molar-refractivity contribution is 0.330. The predicted octanol–water partition coefficient (Wildman–Crippen LogP) is 4.20. The standard InChI is InChI=1S/C10H8BrFOS/c1-2-13-9-8-6(11)4-3-5-7(8)14-10(9)12/h3-5H,2H2,1H3. The Morgan fingerprint density at radius 3 is 3.00 bits per heavy atom. The Hall–Kier alpha value is -0.610. The van der Waals surface area contributed by atoms with E-state index in [1.165, 1.54) is 0 Å². The van der Waals surface area contributed by atoms with Crippen LogP contribution < -0.4 is 4.74 Å². The van der Waals surface area contributed by atoms with Gasteiger partial charge in [-0.15, -0.1) is 11.3 Å². The summed E-state index contributed by atoms with van der Waals surface area (Å²) in [5, 5.41) is 0.575. The molecule has 1 aromatic carbocycles. The molecule has 0 amide bonds. The van der Waals surface area contributed by atoms with Crippen molar-refractivity contribution in [1.29, 1.82) is 0 Å². The SMILES string of the molecule is CCOc1c(F)sc2cccc(Br)c12. The molecule has 0 spiro atoms. The molecule has 0 atom stereocenters. The molecule has 14 heavy (non-hydrogen) atoms. The van der Waals surface area contributed by atoms with Crippen molar-refractivity contribution in [3.05, 3.63) is 27.8 Å². The van der Waals surface area contributed by atoms with Crippen molar-refractivity contribution in [2.75, 3.05) is 6.61 Å². The van der Waals surface area contributed by atoms with Crippen molar-refractivity contribution in [3.63, 3.8) is 0 Å². The van der Waals surface area contributed by atoms with E-state index in [9.17, 15) is 4.39 Å². The largest absolute Gasteiger partial charge is 0.489 e. The maximum absolute atomic E-state index is 13.4. The summed E-state index contributed by atoms with van der Waals surface area (Å²) in [5.41, 5.74) is 0. The highest BCUT2D eigenvalue weighted by Gasteiger charge is 2.14. The number of hydrogen-bond acceptors (Lipinski definition) is 2. The highest BCUT2D eigenvalue weighted by Crippen LogP contribution is 2.40. The molecular weight excluding hydrogens is 267 g/mol. The van der Waals surface area contributed by atoms with E-state index in [4.69, 9.17) is 4.74 Å². The number of hydrogen-bond donors (Lipinski definition) is 0. The van der Waals surface area contributed by atoms with Gasteiger partial charge in [-0.2, -0.15) is 4.39 Å². The Balaban J connectivity index is 2.73. The molecule has 74 valence electrons. The molecule has 0 saturated heterocycles. The predicted molar refractivity (Wildman–Crippen MR) is 60.7 cm³/mol. The molecule has 2 aromatic rings. The molecule has 0 bridgehead atoms. The highest BCUT2D eigenvalue weighted by atomic mass is 79.9. The molecule has 1 aromatic heterocycles. The second-order valence-electron chi connectivity index (χ2n) is 2.75. The average molecular weight is 275 g/mol. The van der Waals surface area contributed by atoms with Crippen molar-refractivity contribution < 1.29 is 9.13 Å². The number of benzene rings is 1. The average Bonchev–Trinajstić information content (AvgIpc) is 2.45. The zero-order valence-electron chi connectivity index (χ0n) is 7.51. The molecule has 0 fully saturated rings. The first-order valence-electron chi connectivity index (χ1n) is 4.23. The Morgan fingerprint density at radius 2 is 2.29 bits per heavy atom. The summed E-state index contributed by atoms with van der Waals surface area (Å²) in [6, 6.07) is 5.66. The van der Waals surface area contributed by atoms with Gasteiger partial charge in [-0.05, 0) is 35.0 Å². The Morgan fingerprint density at radius 1 is 1.50 bits per heavy atom. The van der Waals surface area contributed by atoms with Crippen LogP contribution in [-0.4, -0.2) is 6.61 Å². The molecule has 1 heterocycles. The third-order valence-corrected chi connectivity index (χ3v) is 3.45. The third kappa shape index (κ3) is 1.53. The maximum atomic E-state index is 13.4. The molecule has 2 rings (SSSR count). The van der Waals surface area contributed by atoms with Gasteiger partial charge in [-0.3, -0.25) is 0 Å². The topological polar surface area (TPSA) is 9.23 Å². The summed E-state index contributed by atoms with van der Waals surface area (Å²) in [6.07, 6.45) is 0. The smallest absolute Gasteiger partial charge is 0.219 e. The van der Waals surface area contributed by atoms with E-state index in [0.29, 0.717) is 12.4 Å². The van der Waals surface area contributed by atoms with E-state index in [0.717, 1.165) is 25.9 Å². The van der Waals surface area contributed by atoms with Gasteiger partial charge in [-0.1, -0.05) is 6.07 Å². The summed E-state index contributed by atoms with van der Waals surface area (Å²) in [5.74, 6) is 0.361. The van der Waals surface area contributed by atoms with Gasteiger partial charge in [0.15, 0.2) is 5.75 Å². The fourth-order valence-corrected chi connectivity index (χ4v) is 2.90. The molecule has 1 nitrogen and oxygen atoms in total. The van der Waals surface area contributed by atoms with Gasteiger partial charge in [0.25, 0.3) is 0 Å². The Kier molecular flexibility index (Phi) is 2.74. The van der Waals surface area contributed by atoms with Crippen LogP contribution in [-0.2, 0) is 0 Å². The second-order valence-corrected chi connectivity index (χ2v) is 4.61. The van der Waals surface area contributed by atoms with Crippen LogP contribution in [0.4, 0.5) is 4.39 Å². The van der Waals surface area contributed by atoms with Gasteiger partial charge in [-0.25, -0.2) is 0 Å². The molecule has 0 N–H and O–H groups in total. The summed E-state index contributed by atoms with van der Waals surface area (Å²) in [7, 11) is 0. The number of ether oxygens (including phenoxy) is 1. The normalized spacial score (nSPS) is 10.8. The van der Waals surface area contributed by atoms with Crippen LogP contribution in [0.5, 0.6) is 5.75 Å². The molecule has 0 aliphatic carbocycles. The minimum absolute atomic E-state index is 0.256. The van der Waals surface area contributed by atoms with E-state index in [1.54, 1.807) is 0 Å². The van der Waals surface area contributed by atoms with Gasteiger partial charge in [0.05, 0.1) is 12.0 Å². The molecular formula is C10H8BrFOS. The highest BCUT2D eigenvalue weighted by molar-refractivity contribution is 9.10. The van der Waals surface area contributed by atoms with Crippen LogP contribution in [0.25, 0.3) is 10.1 Å². The summed E-state index contributed by atoms with van der Waals surface area (Å²) in [4.78, 5) is 0. The Bertz CT molecular complexity index is 466. The zero-order valence-corrected chi connectivity index (χ0v) is 9.91. The molecule has 0 saturated carbocycles. The van der Waals surface area contributed by atoms with Gasteiger partial charge in [0, 0.05) is 9.17 Å². The number of rotatable bonds is 2. The van der Waals surface area contributed by atoms with Crippen LogP contribution in [0.3, 0.4) is 0 Å². The van der Waals surface area contributed by atoms with Crippen LogP contribution in [0.2, 0.25) is 0 Å². The Labute approximate surface area is 93.6 Å². The van der Waals surface area contributed by atoms with E-state index in [1.807, 2.05) is 25.1 Å². The molecule has 0 radical (unpaired) electrons. The van der Waals surface area contributed by atoms with Crippen LogP contribution in [0, 0.1) is 5.13 Å².